The van der Waals surface area contributed by atoms with Gasteiger partial charge in [-0.15, -0.1) is 10.2 Å². The predicted octanol–water partition coefficient (Wildman–Crippen LogP) is 0.0764. The van der Waals surface area contributed by atoms with Crippen LogP contribution in [-0.4, -0.2) is 44.7 Å². The molecule has 0 aliphatic heterocycles. The van der Waals surface area contributed by atoms with E-state index in [2.05, 4.69) is 20.5 Å². The van der Waals surface area contributed by atoms with Gasteiger partial charge < -0.3 is 0 Å². The first-order valence-electron chi connectivity index (χ1n) is 5.68. The summed E-state index contributed by atoms with van der Waals surface area (Å²) in [5.74, 6) is 0.484. The molecule has 0 bridgehead atoms. The van der Waals surface area contributed by atoms with E-state index >= 15 is 0 Å². The second-order valence-electron chi connectivity index (χ2n) is 5.31. The molecule has 9 heteroatoms. The third kappa shape index (κ3) is 3.16. The summed E-state index contributed by atoms with van der Waals surface area (Å²) in [7, 11) is -3.24. The van der Waals surface area contributed by atoms with Gasteiger partial charge in [0.2, 0.25) is 0 Å². The standard InChI is InChI=1S/C10H16N6O2S/c1-10(2,3)16-13-9(12-14-16)7-15-6-8(5-11-15)19(4,17)18/h5-6H,7H2,1-4H3. The molecule has 0 radical (unpaired) electrons. The van der Waals surface area contributed by atoms with Crippen molar-refractivity contribution < 1.29 is 8.42 Å². The van der Waals surface area contributed by atoms with Crippen LogP contribution < -0.4 is 0 Å². The maximum atomic E-state index is 11.3. The van der Waals surface area contributed by atoms with E-state index in [1.807, 2.05) is 20.8 Å². The van der Waals surface area contributed by atoms with Crippen molar-refractivity contribution in [2.24, 2.45) is 0 Å². The summed E-state index contributed by atoms with van der Waals surface area (Å²) in [6.45, 7) is 6.18. The summed E-state index contributed by atoms with van der Waals surface area (Å²) in [4.78, 5) is 1.69. The third-order valence-electron chi connectivity index (χ3n) is 2.40. The van der Waals surface area contributed by atoms with Gasteiger partial charge in [-0.05, 0) is 26.0 Å². The zero-order valence-electron chi connectivity index (χ0n) is 11.3. The molecule has 2 heterocycles. The molecule has 0 unspecified atom stereocenters. The third-order valence-corrected chi connectivity index (χ3v) is 3.46. The minimum atomic E-state index is -3.24. The number of hydrogen-bond acceptors (Lipinski definition) is 6. The van der Waals surface area contributed by atoms with Crippen molar-refractivity contribution in [3.8, 4) is 0 Å². The highest BCUT2D eigenvalue weighted by atomic mass is 32.2. The molecule has 2 rings (SSSR count). The van der Waals surface area contributed by atoms with Gasteiger partial charge in [0, 0.05) is 12.5 Å². The molecule has 0 spiro atoms. The van der Waals surface area contributed by atoms with Crippen molar-refractivity contribution in [2.45, 2.75) is 37.8 Å². The van der Waals surface area contributed by atoms with Gasteiger partial charge >= 0.3 is 0 Å². The largest absolute Gasteiger partial charge is 0.264 e. The summed E-state index contributed by atoms with van der Waals surface area (Å²) in [5.41, 5.74) is -0.243. The van der Waals surface area contributed by atoms with E-state index in [1.54, 1.807) is 0 Å². The molecule has 0 fully saturated rings. The Hall–Kier alpha value is -1.77. The van der Waals surface area contributed by atoms with Crippen LogP contribution in [0, 0.1) is 0 Å². The highest BCUT2D eigenvalue weighted by molar-refractivity contribution is 7.90. The summed E-state index contributed by atoms with van der Waals surface area (Å²) in [6.07, 6.45) is 3.90. The van der Waals surface area contributed by atoms with Crippen LogP contribution in [0.1, 0.15) is 26.6 Å². The Morgan fingerprint density at radius 1 is 1.32 bits per heavy atom. The van der Waals surface area contributed by atoms with Gasteiger partial charge in [-0.2, -0.15) is 9.90 Å². The Morgan fingerprint density at radius 3 is 2.47 bits per heavy atom. The van der Waals surface area contributed by atoms with Gasteiger partial charge in [0.15, 0.2) is 15.7 Å². The predicted molar refractivity (Wildman–Crippen MR) is 67.3 cm³/mol. The number of hydrogen-bond donors (Lipinski definition) is 0. The van der Waals surface area contributed by atoms with Crippen molar-refractivity contribution in [1.29, 1.82) is 0 Å². The lowest BCUT2D eigenvalue weighted by Crippen LogP contribution is -2.24. The van der Waals surface area contributed by atoms with Crippen molar-refractivity contribution in [3.05, 3.63) is 18.2 Å². The van der Waals surface area contributed by atoms with Gasteiger partial charge in [0.1, 0.15) is 11.4 Å². The van der Waals surface area contributed by atoms with Crippen LogP contribution in [0.5, 0.6) is 0 Å². The number of tetrazole rings is 1. The topological polar surface area (TPSA) is 95.6 Å². The fraction of sp³-hybridized carbons (Fsp3) is 0.600. The molecule has 0 saturated heterocycles. The molecule has 0 aliphatic carbocycles. The first-order chi connectivity index (χ1) is 8.66. The van der Waals surface area contributed by atoms with Crippen LogP contribution >= 0.6 is 0 Å². The SMILES string of the molecule is CC(C)(C)n1nnc(Cn2cc(S(C)(=O)=O)cn2)n1. The lowest BCUT2D eigenvalue weighted by atomic mass is 10.1. The van der Waals surface area contributed by atoms with E-state index in [4.69, 9.17) is 0 Å². The minimum absolute atomic E-state index is 0.177. The summed E-state index contributed by atoms with van der Waals surface area (Å²) >= 11 is 0. The van der Waals surface area contributed by atoms with Crippen molar-refractivity contribution >= 4 is 9.84 Å². The van der Waals surface area contributed by atoms with Gasteiger partial charge in [0.25, 0.3) is 0 Å². The van der Waals surface area contributed by atoms with Gasteiger partial charge in [-0.1, -0.05) is 0 Å². The Kier molecular flexibility index (Phi) is 3.17. The quantitative estimate of drug-likeness (QED) is 0.792. The Labute approximate surface area is 111 Å². The van der Waals surface area contributed by atoms with Crippen LogP contribution in [-0.2, 0) is 21.9 Å². The van der Waals surface area contributed by atoms with Crippen molar-refractivity contribution in [1.82, 2.24) is 30.0 Å². The highest BCUT2D eigenvalue weighted by Gasteiger charge is 2.17. The smallest absolute Gasteiger partial charge is 0.196 e. The summed E-state index contributed by atoms with van der Waals surface area (Å²) in [5, 5.41) is 16.1. The van der Waals surface area contributed by atoms with E-state index in [0.717, 1.165) is 6.26 Å². The monoisotopic (exact) mass is 284 g/mol. The molecule has 2 aromatic rings. The second-order valence-corrected chi connectivity index (χ2v) is 7.33. The average Bonchev–Trinajstić information content (AvgIpc) is 2.84. The van der Waals surface area contributed by atoms with Crippen molar-refractivity contribution in [3.63, 3.8) is 0 Å². The van der Waals surface area contributed by atoms with Gasteiger partial charge in [0.05, 0.1) is 11.7 Å². The molecular formula is C10H16N6O2S. The molecule has 19 heavy (non-hydrogen) atoms. The van der Waals surface area contributed by atoms with Crippen LogP contribution in [0.15, 0.2) is 17.3 Å². The fourth-order valence-corrected chi connectivity index (χ4v) is 1.91. The number of nitrogens with zero attached hydrogens (tertiary/aromatic N) is 6. The number of sulfone groups is 1. The summed E-state index contributed by atoms with van der Waals surface area (Å²) < 4.78 is 24.1. The molecular weight excluding hydrogens is 268 g/mol. The average molecular weight is 284 g/mol. The Morgan fingerprint density at radius 2 is 2.00 bits per heavy atom. The number of aromatic nitrogens is 6. The molecule has 0 N–H and O–H groups in total. The van der Waals surface area contributed by atoms with Crippen LogP contribution in [0.2, 0.25) is 0 Å². The van der Waals surface area contributed by atoms with E-state index < -0.39 is 9.84 Å². The molecule has 8 nitrogen and oxygen atoms in total. The Bertz CT molecular complexity index is 679. The molecule has 0 amide bonds. The van der Waals surface area contributed by atoms with Crippen LogP contribution in [0.4, 0.5) is 0 Å². The highest BCUT2D eigenvalue weighted by Crippen LogP contribution is 2.10. The lowest BCUT2D eigenvalue weighted by molar-refractivity contribution is 0.305. The van der Waals surface area contributed by atoms with E-state index in [0.29, 0.717) is 5.82 Å². The Balaban J connectivity index is 2.18. The molecule has 0 aliphatic rings. The molecule has 0 atom stereocenters. The maximum absolute atomic E-state index is 11.3. The second kappa shape index (κ2) is 4.41. The zero-order chi connectivity index (χ0) is 14.3. The molecule has 0 saturated carbocycles. The first-order valence-corrected chi connectivity index (χ1v) is 7.57. The van der Waals surface area contributed by atoms with Crippen LogP contribution in [0.3, 0.4) is 0 Å². The van der Waals surface area contributed by atoms with Gasteiger partial charge in [-0.3, -0.25) is 4.68 Å². The van der Waals surface area contributed by atoms with E-state index in [-0.39, 0.29) is 17.0 Å². The van der Waals surface area contributed by atoms with E-state index in [1.165, 1.54) is 21.9 Å². The lowest BCUT2D eigenvalue weighted by Gasteiger charge is -2.15. The molecule has 0 aromatic carbocycles. The summed E-state index contributed by atoms with van der Waals surface area (Å²) in [6, 6.07) is 0. The van der Waals surface area contributed by atoms with Crippen LogP contribution in [0.25, 0.3) is 0 Å². The minimum Gasteiger partial charge on any atom is -0.264 e. The zero-order valence-corrected chi connectivity index (χ0v) is 12.1. The number of rotatable bonds is 3. The van der Waals surface area contributed by atoms with E-state index in [9.17, 15) is 8.42 Å². The van der Waals surface area contributed by atoms with Crippen molar-refractivity contribution in [2.75, 3.05) is 6.26 Å². The first kappa shape index (κ1) is 13.7. The normalized spacial score (nSPS) is 12.8. The fourth-order valence-electron chi connectivity index (χ4n) is 1.36. The molecule has 2 aromatic heterocycles. The van der Waals surface area contributed by atoms with Gasteiger partial charge in [-0.25, -0.2) is 8.42 Å². The maximum Gasteiger partial charge on any atom is 0.196 e. The molecule has 104 valence electrons.